The van der Waals surface area contributed by atoms with Crippen LogP contribution >= 0.6 is 0 Å². The summed E-state index contributed by atoms with van der Waals surface area (Å²) in [5.41, 5.74) is 0.987. The molecule has 0 aliphatic heterocycles. The maximum Gasteiger partial charge on any atom is 0.166 e. The molecule has 0 heterocycles. The summed E-state index contributed by atoms with van der Waals surface area (Å²) in [7, 11) is 0. The van der Waals surface area contributed by atoms with E-state index in [-0.39, 0.29) is 16.7 Å². The van der Waals surface area contributed by atoms with Crippen LogP contribution in [0.15, 0.2) is 30.3 Å². The molecule has 0 spiro atoms. The lowest BCUT2D eigenvalue weighted by molar-refractivity contribution is 0.0506. The Morgan fingerprint density at radius 1 is 0.909 bits per heavy atom. The van der Waals surface area contributed by atoms with Crippen molar-refractivity contribution in [2.45, 2.75) is 61.8 Å². The predicted octanol–water partition coefficient (Wildman–Crippen LogP) is 6.24. The van der Waals surface area contributed by atoms with Crippen molar-refractivity contribution < 1.29 is 4.79 Å². The molecule has 0 saturated carbocycles. The number of ketones is 1. The number of carbonyl (C=O) groups excluding carboxylic acids is 1. The molecule has 1 aromatic carbocycles. The van der Waals surface area contributed by atoms with E-state index >= 15 is 0 Å². The molecule has 0 radical (unpaired) electrons. The monoisotopic (exact) mass is 302 g/mol. The fraction of sp³-hybridized carbons (Fsp3) is 0.667. The van der Waals surface area contributed by atoms with Crippen molar-refractivity contribution in [3.8, 4) is 0 Å². The van der Waals surface area contributed by atoms with Crippen molar-refractivity contribution in [3.05, 3.63) is 35.9 Å². The largest absolute Gasteiger partial charge is 0.294 e. The maximum atomic E-state index is 13.2. The van der Waals surface area contributed by atoms with E-state index in [4.69, 9.17) is 0 Å². The number of benzene rings is 1. The van der Waals surface area contributed by atoms with Crippen LogP contribution in [0.25, 0.3) is 0 Å². The molecule has 22 heavy (non-hydrogen) atoms. The van der Waals surface area contributed by atoms with E-state index in [1.807, 2.05) is 30.3 Å². The van der Waals surface area contributed by atoms with E-state index in [0.29, 0.717) is 17.6 Å². The fourth-order valence-corrected chi connectivity index (χ4v) is 2.66. The molecule has 0 saturated heterocycles. The number of rotatable bonds is 7. The number of carbonyl (C=O) groups is 1. The third-order valence-corrected chi connectivity index (χ3v) is 6.05. The normalized spacial score (nSPS) is 14.5. The highest BCUT2D eigenvalue weighted by atomic mass is 16.1. The first-order valence-electron chi connectivity index (χ1n) is 8.59. The average Bonchev–Trinajstić information content (AvgIpc) is 2.44. The van der Waals surface area contributed by atoms with Gasteiger partial charge in [0.15, 0.2) is 5.78 Å². The van der Waals surface area contributed by atoms with Crippen LogP contribution in [0.1, 0.15) is 72.2 Å². The lowest BCUT2D eigenvalue weighted by atomic mass is 9.61. The van der Waals surface area contributed by atoms with E-state index in [1.165, 1.54) is 0 Å². The summed E-state index contributed by atoms with van der Waals surface area (Å²) in [6.07, 6.45) is 0.934. The quantitative estimate of drug-likeness (QED) is 0.545. The summed E-state index contributed by atoms with van der Waals surface area (Å²) in [5.74, 6) is 1.37. The van der Waals surface area contributed by atoms with Gasteiger partial charge in [-0.2, -0.15) is 0 Å². The maximum absolute atomic E-state index is 13.2. The summed E-state index contributed by atoms with van der Waals surface area (Å²) in [4.78, 5) is 13.2. The molecular weight excluding hydrogens is 268 g/mol. The Labute approximate surface area is 137 Å². The van der Waals surface area contributed by atoms with Crippen molar-refractivity contribution in [2.75, 3.05) is 0 Å². The van der Waals surface area contributed by atoms with Crippen molar-refractivity contribution >= 4 is 5.78 Å². The van der Waals surface area contributed by atoms with Crippen LogP contribution in [0.5, 0.6) is 0 Å². The van der Waals surface area contributed by atoms with Gasteiger partial charge in [0.05, 0.1) is 0 Å². The second-order valence-electron chi connectivity index (χ2n) is 8.61. The van der Waals surface area contributed by atoms with Crippen molar-refractivity contribution in [2.24, 2.45) is 28.6 Å². The standard InChI is InChI=1S/C21H34O/c1-15(2)20(5,6)14-18(21(7,8)16(3)4)19(22)17-12-10-9-11-13-17/h9-13,15-16,18H,14H2,1-8H3. The van der Waals surface area contributed by atoms with Crippen LogP contribution in [0, 0.1) is 28.6 Å². The highest BCUT2D eigenvalue weighted by Gasteiger charge is 2.41. The van der Waals surface area contributed by atoms with E-state index in [2.05, 4.69) is 55.4 Å². The highest BCUT2D eigenvalue weighted by molar-refractivity contribution is 5.98. The van der Waals surface area contributed by atoms with Gasteiger partial charge < -0.3 is 0 Å². The Morgan fingerprint density at radius 3 is 1.82 bits per heavy atom. The summed E-state index contributed by atoms with van der Waals surface area (Å²) in [6, 6.07) is 9.79. The van der Waals surface area contributed by atoms with Gasteiger partial charge in [0.2, 0.25) is 0 Å². The van der Waals surface area contributed by atoms with Crippen molar-refractivity contribution in [3.63, 3.8) is 0 Å². The van der Waals surface area contributed by atoms with Crippen LogP contribution in [0.3, 0.4) is 0 Å². The van der Waals surface area contributed by atoms with Crippen LogP contribution in [-0.2, 0) is 0 Å². The lowest BCUT2D eigenvalue weighted by Crippen LogP contribution is -2.39. The second kappa shape index (κ2) is 6.98. The molecule has 1 aromatic rings. The molecule has 1 rings (SSSR count). The Bertz CT molecular complexity index is 480. The molecule has 1 atom stereocenters. The Hall–Kier alpha value is -1.11. The van der Waals surface area contributed by atoms with Gasteiger partial charge in [0.25, 0.3) is 0 Å². The van der Waals surface area contributed by atoms with Crippen LogP contribution in [-0.4, -0.2) is 5.78 Å². The molecule has 0 aromatic heterocycles. The van der Waals surface area contributed by atoms with Crippen molar-refractivity contribution in [1.82, 2.24) is 0 Å². The van der Waals surface area contributed by atoms with Crippen LogP contribution in [0.2, 0.25) is 0 Å². The molecule has 0 bridgehead atoms. The van der Waals surface area contributed by atoms with Gasteiger partial charge in [0, 0.05) is 11.5 Å². The van der Waals surface area contributed by atoms with Gasteiger partial charge >= 0.3 is 0 Å². The summed E-state index contributed by atoms with van der Waals surface area (Å²) >= 11 is 0. The first-order chi connectivity index (χ1) is 10.00. The highest BCUT2D eigenvalue weighted by Crippen LogP contribution is 2.45. The minimum absolute atomic E-state index is 0.0148. The molecule has 0 N–H and O–H groups in total. The molecular formula is C21H34O. The van der Waals surface area contributed by atoms with E-state index in [0.717, 1.165) is 12.0 Å². The summed E-state index contributed by atoms with van der Waals surface area (Å²) in [5, 5.41) is 0. The van der Waals surface area contributed by atoms with E-state index < -0.39 is 0 Å². The van der Waals surface area contributed by atoms with Crippen molar-refractivity contribution in [1.29, 1.82) is 0 Å². The SMILES string of the molecule is CC(C)C(C)(C)CC(C(=O)c1ccccc1)C(C)(C)C(C)C. The third kappa shape index (κ3) is 4.21. The zero-order valence-corrected chi connectivity index (χ0v) is 15.7. The molecule has 1 nitrogen and oxygen atoms in total. The summed E-state index contributed by atoms with van der Waals surface area (Å²) < 4.78 is 0. The first kappa shape index (κ1) is 18.9. The van der Waals surface area contributed by atoms with Gasteiger partial charge in [-0.3, -0.25) is 4.79 Å². The fourth-order valence-electron chi connectivity index (χ4n) is 2.66. The molecule has 0 fully saturated rings. The zero-order valence-electron chi connectivity index (χ0n) is 15.7. The first-order valence-corrected chi connectivity index (χ1v) is 8.59. The number of hydrogen-bond acceptors (Lipinski definition) is 1. The van der Waals surface area contributed by atoms with Crippen LogP contribution < -0.4 is 0 Å². The molecule has 0 aliphatic rings. The zero-order chi connectivity index (χ0) is 17.1. The van der Waals surface area contributed by atoms with Gasteiger partial charge in [-0.05, 0) is 29.1 Å². The van der Waals surface area contributed by atoms with Gasteiger partial charge in [-0.25, -0.2) is 0 Å². The molecule has 0 amide bonds. The molecule has 124 valence electrons. The molecule has 1 heteroatoms. The van der Waals surface area contributed by atoms with E-state index in [9.17, 15) is 4.79 Å². The molecule has 0 aliphatic carbocycles. The predicted molar refractivity (Wildman–Crippen MR) is 96.1 cm³/mol. The smallest absolute Gasteiger partial charge is 0.166 e. The molecule has 1 unspecified atom stereocenters. The third-order valence-electron chi connectivity index (χ3n) is 6.05. The second-order valence-corrected chi connectivity index (χ2v) is 8.61. The Balaban J connectivity index is 3.21. The minimum Gasteiger partial charge on any atom is -0.294 e. The topological polar surface area (TPSA) is 17.1 Å². The average molecular weight is 303 g/mol. The Kier molecular flexibility index (Phi) is 6.01. The van der Waals surface area contributed by atoms with Gasteiger partial charge in [-0.15, -0.1) is 0 Å². The summed E-state index contributed by atoms with van der Waals surface area (Å²) in [6.45, 7) is 18.1. The van der Waals surface area contributed by atoms with E-state index in [1.54, 1.807) is 0 Å². The Morgan fingerprint density at radius 2 is 1.41 bits per heavy atom. The minimum atomic E-state index is -0.0148. The number of Topliss-reactive ketones (excluding diaryl/α,β-unsaturated/α-hetero) is 1. The number of hydrogen-bond donors (Lipinski definition) is 0. The van der Waals surface area contributed by atoms with Gasteiger partial charge in [0.1, 0.15) is 0 Å². The van der Waals surface area contributed by atoms with Gasteiger partial charge in [-0.1, -0.05) is 85.7 Å². The van der Waals surface area contributed by atoms with Crippen LogP contribution in [0.4, 0.5) is 0 Å². The lowest BCUT2D eigenvalue weighted by Gasteiger charge is -2.42.